The van der Waals surface area contributed by atoms with Crippen molar-refractivity contribution in [3.8, 4) is 0 Å². The molecule has 1 unspecified atom stereocenters. The summed E-state index contributed by atoms with van der Waals surface area (Å²) in [6.07, 6.45) is 6.47. The minimum atomic E-state index is -0.454. The van der Waals surface area contributed by atoms with E-state index in [-0.39, 0.29) is 5.69 Å². The van der Waals surface area contributed by atoms with Gasteiger partial charge in [0.25, 0.3) is 0 Å². The molecule has 2 rings (SSSR count). The molecule has 1 aliphatic rings. The van der Waals surface area contributed by atoms with Gasteiger partial charge in [0.2, 0.25) is 0 Å². The van der Waals surface area contributed by atoms with Crippen LogP contribution in [0.2, 0.25) is 0 Å². The van der Waals surface area contributed by atoms with Gasteiger partial charge >= 0.3 is 5.97 Å². The highest BCUT2D eigenvalue weighted by atomic mass is 16.5. The smallest absolute Gasteiger partial charge is 0.358 e. The van der Waals surface area contributed by atoms with Crippen LogP contribution in [0.4, 0.5) is 5.82 Å². The number of nitrogens with two attached hydrogens (primary N) is 1. The van der Waals surface area contributed by atoms with Gasteiger partial charge in [-0.3, -0.25) is 4.98 Å². The van der Waals surface area contributed by atoms with E-state index < -0.39 is 5.97 Å². The van der Waals surface area contributed by atoms with Crippen LogP contribution in [-0.4, -0.2) is 42.7 Å². The summed E-state index contributed by atoms with van der Waals surface area (Å²) in [5, 5.41) is 0. The van der Waals surface area contributed by atoms with Crippen LogP contribution < -0.4 is 10.6 Å². The van der Waals surface area contributed by atoms with Gasteiger partial charge in [-0.15, -0.1) is 0 Å². The Morgan fingerprint density at radius 3 is 3.16 bits per heavy atom. The molecule has 1 fully saturated rings. The molecule has 1 saturated heterocycles. The van der Waals surface area contributed by atoms with Crippen LogP contribution in [0.5, 0.6) is 0 Å². The first-order chi connectivity index (χ1) is 9.24. The highest BCUT2D eigenvalue weighted by molar-refractivity contribution is 5.87. The maximum absolute atomic E-state index is 11.5. The van der Waals surface area contributed by atoms with Crippen LogP contribution in [0.15, 0.2) is 12.4 Å². The van der Waals surface area contributed by atoms with Gasteiger partial charge in [-0.1, -0.05) is 0 Å². The summed E-state index contributed by atoms with van der Waals surface area (Å²) in [4.78, 5) is 22.0. The lowest BCUT2D eigenvalue weighted by Gasteiger charge is -2.33. The number of ether oxygens (including phenoxy) is 1. The number of carbonyl (C=O) groups is 1. The van der Waals surface area contributed by atoms with Crippen LogP contribution in [0.1, 0.15) is 29.8 Å². The third kappa shape index (κ3) is 3.41. The second kappa shape index (κ2) is 6.47. The summed E-state index contributed by atoms with van der Waals surface area (Å²) in [7, 11) is 1.34. The second-order valence-corrected chi connectivity index (χ2v) is 4.79. The number of anilines is 1. The molecule has 6 nitrogen and oxygen atoms in total. The summed E-state index contributed by atoms with van der Waals surface area (Å²) in [6.45, 7) is 2.59. The highest BCUT2D eigenvalue weighted by Gasteiger charge is 2.21. The molecule has 2 N–H and O–H groups in total. The van der Waals surface area contributed by atoms with Crippen LogP contribution in [0.3, 0.4) is 0 Å². The minimum Gasteiger partial charge on any atom is -0.464 e. The zero-order valence-electron chi connectivity index (χ0n) is 11.2. The van der Waals surface area contributed by atoms with E-state index in [4.69, 9.17) is 5.73 Å². The molecule has 1 aromatic heterocycles. The monoisotopic (exact) mass is 264 g/mol. The molecule has 0 amide bonds. The lowest BCUT2D eigenvalue weighted by atomic mass is 9.95. The van der Waals surface area contributed by atoms with E-state index in [1.54, 1.807) is 6.20 Å². The first kappa shape index (κ1) is 13.7. The quantitative estimate of drug-likeness (QED) is 0.811. The summed E-state index contributed by atoms with van der Waals surface area (Å²) in [6, 6.07) is 0. The lowest BCUT2D eigenvalue weighted by Crippen LogP contribution is -2.37. The Bertz CT molecular complexity index is 436. The van der Waals surface area contributed by atoms with Crippen molar-refractivity contribution >= 4 is 11.8 Å². The number of esters is 1. The summed E-state index contributed by atoms with van der Waals surface area (Å²) in [5.41, 5.74) is 5.87. The Labute approximate surface area is 113 Å². The SMILES string of the molecule is COC(=O)c1cncc(N2CCCC(CCN)C2)n1. The van der Waals surface area contributed by atoms with Crippen molar-refractivity contribution in [2.75, 3.05) is 31.6 Å². The zero-order chi connectivity index (χ0) is 13.7. The van der Waals surface area contributed by atoms with Crippen molar-refractivity contribution in [3.05, 3.63) is 18.1 Å². The van der Waals surface area contributed by atoms with E-state index >= 15 is 0 Å². The van der Waals surface area contributed by atoms with Gasteiger partial charge in [-0.25, -0.2) is 9.78 Å². The Balaban J connectivity index is 2.10. The van der Waals surface area contributed by atoms with Crippen LogP contribution >= 0.6 is 0 Å². The average Bonchev–Trinajstić information content (AvgIpc) is 2.47. The summed E-state index contributed by atoms with van der Waals surface area (Å²) < 4.78 is 4.66. The van der Waals surface area contributed by atoms with E-state index in [0.717, 1.165) is 31.7 Å². The molecular formula is C13H20N4O2. The van der Waals surface area contributed by atoms with E-state index in [2.05, 4.69) is 19.6 Å². The van der Waals surface area contributed by atoms with Crippen LogP contribution in [-0.2, 0) is 4.74 Å². The Kier molecular flexibility index (Phi) is 4.68. The van der Waals surface area contributed by atoms with Crippen molar-refractivity contribution in [1.29, 1.82) is 0 Å². The van der Waals surface area contributed by atoms with Gasteiger partial charge in [-0.2, -0.15) is 0 Å². The minimum absolute atomic E-state index is 0.251. The van der Waals surface area contributed by atoms with Crippen molar-refractivity contribution in [2.24, 2.45) is 11.7 Å². The lowest BCUT2D eigenvalue weighted by molar-refractivity contribution is 0.0593. The van der Waals surface area contributed by atoms with E-state index in [1.807, 2.05) is 0 Å². The number of aromatic nitrogens is 2. The van der Waals surface area contributed by atoms with Crippen molar-refractivity contribution in [2.45, 2.75) is 19.3 Å². The number of carbonyl (C=O) groups excluding carboxylic acids is 1. The molecular weight excluding hydrogens is 244 g/mol. The molecule has 0 bridgehead atoms. The second-order valence-electron chi connectivity index (χ2n) is 4.79. The molecule has 104 valence electrons. The number of rotatable bonds is 4. The van der Waals surface area contributed by atoms with Crippen molar-refractivity contribution in [3.63, 3.8) is 0 Å². The molecule has 2 heterocycles. The summed E-state index contributed by atoms with van der Waals surface area (Å²) in [5.74, 6) is 0.886. The van der Waals surface area contributed by atoms with Gasteiger partial charge < -0.3 is 15.4 Å². The predicted molar refractivity (Wildman–Crippen MR) is 72.0 cm³/mol. The standard InChI is InChI=1S/C13H20N4O2/c1-19-13(18)11-7-15-8-12(16-11)17-6-2-3-10(9-17)4-5-14/h7-8,10H,2-6,9,14H2,1H3. The predicted octanol–water partition coefficient (Wildman–Crippen LogP) is 0.828. The third-order valence-electron chi connectivity index (χ3n) is 3.43. The number of hydrogen-bond donors (Lipinski definition) is 1. The third-order valence-corrected chi connectivity index (χ3v) is 3.43. The van der Waals surface area contributed by atoms with Gasteiger partial charge in [0.1, 0.15) is 5.82 Å². The highest BCUT2D eigenvalue weighted by Crippen LogP contribution is 2.23. The summed E-state index contributed by atoms with van der Waals surface area (Å²) >= 11 is 0. The molecule has 6 heteroatoms. The maximum atomic E-state index is 11.5. The van der Waals surface area contributed by atoms with Crippen molar-refractivity contribution < 1.29 is 9.53 Å². The van der Waals surface area contributed by atoms with Gasteiger partial charge in [0.05, 0.1) is 19.5 Å². The van der Waals surface area contributed by atoms with E-state index in [9.17, 15) is 4.79 Å². The van der Waals surface area contributed by atoms with E-state index in [1.165, 1.54) is 19.7 Å². The molecule has 1 atom stereocenters. The molecule has 0 saturated carbocycles. The molecule has 0 spiro atoms. The van der Waals surface area contributed by atoms with Crippen molar-refractivity contribution in [1.82, 2.24) is 9.97 Å². The Morgan fingerprint density at radius 2 is 2.42 bits per heavy atom. The fourth-order valence-electron chi connectivity index (χ4n) is 2.46. The number of nitrogens with zero attached hydrogens (tertiary/aromatic N) is 3. The molecule has 0 aromatic carbocycles. The van der Waals surface area contributed by atoms with Crippen LogP contribution in [0.25, 0.3) is 0 Å². The number of piperidine rings is 1. The van der Waals surface area contributed by atoms with Gasteiger partial charge in [0.15, 0.2) is 5.69 Å². The molecule has 19 heavy (non-hydrogen) atoms. The molecule has 1 aromatic rings. The fourth-order valence-corrected chi connectivity index (χ4v) is 2.46. The largest absolute Gasteiger partial charge is 0.464 e. The topological polar surface area (TPSA) is 81.3 Å². The van der Waals surface area contributed by atoms with E-state index in [0.29, 0.717) is 12.5 Å². The Morgan fingerprint density at radius 1 is 1.58 bits per heavy atom. The average molecular weight is 264 g/mol. The first-order valence-electron chi connectivity index (χ1n) is 6.60. The van der Waals surface area contributed by atoms with Crippen LogP contribution in [0, 0.1) is 5.92 Å². The maximum Gasteiger partial charge on any atom is 0.358 e. The molecule has 1 aliphatic heterocycles. The number of methoxy groups -OCH3 is 1. The molecule has 0 radical (unpaired) electrons. The number of hydrogen-bond acceptors (Lipinski definition) is 6. The fraction of sp³-hybridized carbons (Fsp3) is 0.615. The first-order valence-corrected chi connectivity index (χ1v) is 6.60. The normalized spacial score (nSPS) is 19.3. The zero-order valence-corrected chi connectivity index (χ0v) is 11.2. The molecule has 0 aliphatic carbocycles. The Hall–Kier alpha value is -1.69. The van der Waals surface area contributed by atoms with Gasteiger partial charge in [0, 0.05) is 13.1 Å². The van der Waals surface area contributed by atoms with Gasteiger partial charge in [-0.05, 0) is 31.7 Å².